The van der Waals surface area contributed by atoms with E-state index in [0.29, 0.717) is 19.4 Å². The van der Waals surface area contributed by atoms with E-state index in [1.54, 1.807) is 0 Å². The van der Waals surface area contributed by atoms with Crippen LogP contribution in [0.5, 0.6) is 5.75 Å². The van der Waals surface area contributed by atoms with Crippen molar-refractivity contribution in [1.29, 1.82) is 0 Å². The Bertz CT molecular complexity index is 884. The number of likely N-dealkylation sites (tertiary alicyclic amines) is 1. The monoisotopic (exact) mass is 363 g/mol. The first kappa shape index (κ1) is 17.6. The van der Waals surface area contributed by atoms with Crippen molar-refractivity contribution in [3.8, 4) is 5.75 Å². The van der Waals surface area contributed by atoms with Crippen LogP contribution in [-0.4, -0.2) is 33.9 Å². The first-order chi connectivity index (χ1) is 13.2. The Morgan fingerprint density at radius 1 is 1.22 bits per heavy atom. The maximum absolute atomic E-state index is 12.8. The second kappa shape index (κ2) is 7.82. The zero-order chi connectivity index (χ0) is 18.6. The zero-order valence-corrected chi connectivity index (χ0v) is 15.6. The molecule has 1 fully saturated rings. The summed E-state index contributed by atoms with van der Waals surface area (Å²) in [4.78, 5) is 22.8. The number of aryl methyl sites for hydroxylation is 1. The number of ether oxygens (including phenoxy) is 1. The summed E-state index contributed by atoms with van der Waals surface area (Å²) in [5.41, 5.74) is 3.16. The Balaban J connectivity index is 1.41. The van der Waals surface area contributed by atoms with Crippen LogP contribution in [0.3, 0.4) is 0 Å². The van der Waals surface area contributed by atoms with Gasteiger partial charge in [-0.25, -0.2) is 4.98 Å². The molecule has 27 heavy (non-hydrogen) atoms. The van der Waals surface area contributed by atoms with Gasteiger partial charge in [0.05, 0.1) is 23.7 Å². The van der Waals surface area contributed by atoms with Crippen molar-refractivity contribution < 1.29 is 9.53 Å². The van der Waals surface area contributed by atoms with Crippen LogP contribution in [0.4, 0.5) is 0 Å². The standard InChI is InChI=1S/C22H25N3O2/c1-2-27-17-11-9-16(10-12-17)20-8-5-15-25(20)22(26)14-13-21-23-18-6-3-4-7-19(18)24-21/h3-4,6-7,9-12,20H,2,5,8,13-15H2,1H3,(H,23,24). The minimum atomic E-state index is 0.170. The summed E-state index contributed by atoms with van der Waals surface area (Å²) < 4.78 is 5.52. The molecule has 0 saturated carbocycles. The molecule has 4 rings (SSSR count). The van der Waals surface area contributed by atoms with Crippen LogP contribution in [-0.2, 0) is 11.2 Å². The van der Waals surface area contributed by atoms with Crippen LogP contribution in [0.1, 0.15) is 43.6 Å². The number of aromatic nitrogens is 2. The fraction of sp³-hybridized carbons (Fsp3) is 0.364. The lowest BCUT2D eigenvalue weighted by Gasteiger charge is -2.25. The molecule has 1 aliphatic rings. The summed E-state index contributed by atoms with van der Waals surface area (Å²) in [5.74, 6) is 1.95. The molecule has 5 nitrogen and oxygen atoms in total. The number of H-pyrrole nitrogens is 1. The van der Waals surface area contributed by atoms with E-state index >= 15 is 0 Å². The Morgan fingerprint density at radius 2 is 2.04 bits per heavy atom. The van der Waals surface area contributed by atoms with Crippen LogP contribution in [0.2, 0.25) is 0 Å². The Labute approximate surface area is 159 Å². The van der Waals surface area contributed by atoms with Crippen LogP contribution >= 0.6 is 0 Å². The van der Waals surface area contributed by atoms with Gasteiger partial charge in [-0.3, -0.25) is 4.79 Å². The Kier molecular flexibility index (Phi) is 5.10. The van der Waals surface area contributed by atoms with Crippen molar-refractivity contribution in [2.45, 2.75) is 38.6 Å². The molecule has 0 aliphatic carbocycles. The molecule has 5 heteroatoms. The first-order valence-electron chi connectivity index (χ1n) is 9.70. The van der Waals surface area contributed by atoms with E-state index in [9.17, 15) is 4.79 Å². The maximum atomic E-state index is 12.8. The normalized spacial score (nSPS) is 16.8. The number of nitrogens with zero attached hydrogens (tertiary/aromatic N) is 2. The highest BCUT2D eigenvalue weighted by atomic mass is 16.5. The molecule has 1 N–H and O–H groups in total. The predicted molar refractivity (Wildman–Crippen MR) is 106 cm³/mol. The van der Waals surface area contributed by atoms with Crippen molar-refractivity contribution in [3.05, 3.63) is 59.9 Å². The fourth-order valence-electron chi connectivity index (χ4n) is 3.86. The summed E-state index contributed by atoms with van der Waals surface area (Å²) in [7, 11) is 0. The average molecular weight is 363 g/mol. The van der Waals surface area contributed by atoms with E-state index in [1.165, 1.54) is 5.56 Å². The molecule has 1 amide bonds. The number of aromatic amines is 1. The minimum Gasteiger partial charge on any atom is -0.494 e. The maximum Gasteiger partial charge on any atom is 0.223 e. The number of carbonyl (C=O) groups is 1. The summed E-state index contributed by atoms with van der Waals surface area (Å²) >= 11 is 0. The van der Waals surface area contributed by atoms with Gasteiger partial charge in [0.1, 0.15) is 11.6 Å². The van der Waals surface area contributed by atoms with Gasteiger partial charge in [0, 0.05) is 19.4 Å². The van der Waals surface area contributed by atoms with Gasteiger partial charge in [0.25, 0.3) is 0 Å². The smallest absolute Gasteiger partial charge is 0.223 e. The molecular formula is C22H25N3O2. The number of hydrogen-bond acceptors (Lipinski definition) is 3. The van der Waals surface area contributed by atoms with Crippen molar-refractivity contribution in [2.24, 2.45) is 0 Å². The van der Waals surface area contributed by atoms with Crippen LogP contribution in [0.15, 0.2) is 48.5 Å². The molecule has 1 unspecified atom stereocenters. The van der Waals surface area contributed by atoms with E-state index in [-0.39, 0.29) is 11.9 Å². The van der Waals surface area contributed by atoms with Gasteiger partial charge >= 0.3 is 0 Å². The molecule has 1 aliphatic heterocycles. The lowest BCUT2D eigenvalue weighted by molar-refractivity contribution is -0.132. The van der Waals surface area contributed by atoms with Gasteiger partial charge in [0.15, 0.2) is 0 Å². The number of amides is 1. The average Bonchev–Trinajstić information content (AvgIpc) is 3.34. The summed E-state index contributed by atoms with van der Waals surface area (Å²) in [6, 6.07) is 16.3. The summed E-state index contributed by atoms with van der Waals surface area (Å²) in [6.45, 7) is 3.47. The summed E-state index contributed by atoms with van der Waals surface area (Å²) in [5, 5.41) is 0. The van der Waals surface area contributed by atoms with E-state index in [4.69, 9.17) is 4.74 Å². The van der Waals surface area contributed by atoms with Gasteiger partial charge in [-0.05, 0) is 49.6 Å². The number of carbonyl (C=O) groups excluding carboxylic acids is 1. The predicted octanol–water partition coefficient (Wildman–Crippen LogP) is 4.26. The van der Waals surface area contributed by atoms with E-state index in [2.05, 4.69) is 22.1 Å². The molecular weight excluding hydrogens is 338 g/mol. The molecule has 0 bridgehead atoms. The molecule has 1 aromatic heterocycles. The van der Waals surface area contributed by atoms with Gasteiger partial charge < -0.3 is 14.6 Å². The molecule has 140 valence electrons. The highest BCUT2D eigenvalue weighted by molar-refractivity contribution is 5.78. The molecule has 3 aromatic rings. The first-order valence-corrected chi connectivity index (χ1v) is 9.70. The van der Waals surface area contributed by atoms with Crippen LogP contribution in [0.25, 0.3) is 11.0 Å². The second-order valence-corrected chi connectivity index (χ2v) is 6.95. The molecule has 2 aromatic carbocycles. The lowest BCUT2D eigenvalue weighted by Crippen LogP contribution is -2.30. The lowest BCUT2D eigenvalue weighted by atomic mass is 10.0. The number of hydrogen-bond donors (Lipinski definition) is 1. The summed E-state index contributed by atoms with van der Waals surface area (Å²) in [6.07, 6.45) is 3.19. The molecule has 2 heterocycles. The molecule has 0 radical (unpaired) electrons. The van der Waals surface area contributed by atoms with E-state index in [0.717, 1.165) is 42.0 Å². The number of para-hydroxylation sites is 2. The molecule has 1 saturated heterocycles. The third-order valence-electron chi connectivity index (χ3n) is 5.16. The van der Waals surface area contributed by atoms with Crippen LogP contribution < -0.4 is 4.74 Å². The van der Waals surface area contributed by atoms with Crippen molar-refractivity contribution in [2.75, 3.05) is 13.2 Å². The van der Waals surface area contributed by atoms with Gasteiger partial charge in [-0.15, -0.1) is 0 Å². The largest absolute Gasteiger partial charge is 0.494 e. The van der Waals surface area contributed by atoms with Crippen molar-refractivity contribution in [3.63, 3.8) is 0 Å². The number of rotatable bonds is 6. The third kappa shape index (κ3) is 3.82. The Morgan fingerprint density at radius 3 is 2.81 bits per heavy atom. The van der Waals surface area contributed by atoms with Gasteiger partial charge in [-0.1, -0.05) is 24.3 Å². The van der Waals surface area contributed by atoms with E-state index in [1.807, 2.05) is 48.2 Å². The molecule has 1 atom stereocenters. The SMILES string of the molecule is CCOc1ccc(C2CCCN2C(=O)CCc2nc3ccccc3[nH]2)cc1. The van der Waals surface area contributed by atoms with E-state index < -0.39 is 0 Å². The number of benzene rings is 2. The van der Waals surface area contributed by atoms with Crippen molar-refractivity contribution in [1.82, 2.24) is 14.9 Å². The van der Waals surface area contributed by atoms with Gasteiger partial charge in [0.2, 0.25) is 5.91 Å². The highest BCUT2D eigenvalue weighted by Crippen LogP contribution is 2.33. The highest BCUT2D eigenvalue weighted by Gasteiger charge is 2.29. The number of imidazole rings is 1. The number of fused-ring (bicyclic) bond motifs is 1. The third-order valence-corrected chi connectivity index (χ3v) is 5.16. The topological polar surface area (TPSA) is 58.2 Å². The zero-order valence-electron chi connectivity index (χ0n) is 15.6. The fourth-order valence-corrected chi connectivity index (χ4v) is 3.86. The van der Waals surface area contributed by atoms with Crippen LogP contribution in [0, 0.1) is 0 Å². The second-order valence-electron chi connectivity index (χ2n) is 6.95. The number of nitrogens with one attached hydrogen (secondary N) is 1. The quantitative estimate of drug-likeness (QED) is 0.712. The van der Waals surface area contributed by atoms with Crippen molar-refractivity contribution >= 4 is 16.9 Å². The Hall–Kier alpha value is -2.82. The molecule has 0 spiro atoms. The minimum absolute atomic E-state index is 0.170. The van der Waals surface area contributed by atoms with Gasteiger partial charge in [-0.2, -0.15) is 0 Å².